The maximum absolute atomic E-state index is 6.99. The van der Waals surface area contributed by atoms with Gasteiger partial charge in [-0.25, -0.2) is 4.99 Å². The summed E-state index contributed by atoms with van der Waals surface area (Å²) < 4.78 is 5.58. The second-order valence-corrected chi connectivity index (χ2v) is 10.7. The van der Waals surface area contributed by atoms with Gasteiger partial charge in [0.05, 0.1) is 0 Å². The van der Waals surface area contributed by atoms with E-state index in [9.17, 15) is 0 Å². The van der Waals surface area contributed by atoms with Crippen LogP contribution in [0.1, 0.15) is 41.5 Å². The smallest absolute Gasteiger partial charge is 0.198 e. The Hall–Kier alpha value is -4.41. The van der Waals surface area contributed by atoms with Crippen molar-refractivity contribution in [3.8, 4) is 11.3 Å². The van der Waals surface area contributed by atoms with E-state index in [0.717, 1.165) is 60.1 Å². The number of anilines is 1. The molecular weight excluding hydrogens is 502 g/mol. The van der Waals surface area contributed by atoms with Crippen LogP contribution in [0.15, 0.2) is 82.3 Å². The van der Waals surface area contributed by atoms with E-state index in [4.69, 9.17) is 15.2 Å². The van der Waals surface area contributed by atoms with Gasteiger partial charge in [-0.2, -0.15) is 5.10 Å². The maximum atomic E-state index is 6.99. The molecular formula is C30H33N9O. The number of nitrogens with one attached hydrogen (secondary N) is 4. The van der Waals surface area contributed by atoms with E-state index < -0.39 is 5.66 Å². The second-order valence-electron chi connectivity index (χ2n) is 10.7. The molecule has 4 aromatic rings. The standard InChI is InChI=1S/C30H33N9O/c31-30(28-17-25(36-37-28)21-6-7-21)18-27(22-8-10-23(11-9-22)39-14-12-32-13-15-39)34-29(35-30)33-19-24-16-26(38-40-24)20-4-2-1-3-5-20/h1-5,8-11,16-18,21,32H,6-7,12-15,19,31H2,(H,36,37)(H2,33,34,35). The molecule has 2 fully saturated rings. The molecule has 1 aliphatic carbocycles. The Kier molecular flexibility index (Phi) is 6.33. The summed E-state index contributed by atoms with van der Waals surface area (Å²) in [6, 6.07) is 22.5. The number of benzene rings is 2. The predicted octanol–water partition coefficient (Wildman–Crippen LogP) is 3.25. The number of nitrogens with two attached hydrogens (primary N) is 1. The second kappa shape index (κ2) is 10.3. The van der Waals surface area contributed by atoms with Crippen molar-refractivity contribution >= 4 is 17.3 Å². The van der Waals surface area contributed by atoms with Crippen LogP contribution >= 0.6 is 0 Å². The van der Waals surface area contributed by atoms with Crippen molar-refractivity contribution in [1.82, 2.24) is 31.3 Å². The summed E-state index contributed by atoms with van der Waals surface area (Å²) in [5.74, 6) is 1.75. The lowest BCUT2D eigenvalue weighted by Crippen LogP contribution is -2.58. The normalized spacial score (nSPS) is 22.1. The largest absolute Gasteiger partial charge is 0.369 e. The Morgan fingerprint density at radius 2 is 1.80 bits per heavy atom. The lowest BCUT2D eigenvalue weighted by atomic mass is 9.99. The van der Waals surface area contributed by atoms with Gasteiger partial charge < -0.3 is 31.1 Å². The number of piperazine rings is 1. The number of aromatic nitrogens is 3. The van der Waals surface area contributed by atoms with E-state index in [2.05, 4.69) is 66.5 Å². The fourth-order valence-corrected chi connectivity index (χ4v) is 5.24. The first kappa shape index (κ1) is 24.6. The summed E-state index contributed by atoms with van der Waals surface area (Å²) in [6.07, 6.45) is 4.35. The fraction of sp³-hybridized carbons (Fsp3) is 0.300. The first-order valence-corrected chi connectivity index (χ1v) is 13.9. The summed E-state index contributed by atoms with van der Waals surface area (Å²) in [5, 5.41) is 22.2. The van der Waals surface area contributed by atoms with Crippen molar-refractivity contribution in [3.05, 3.63) is 95.5 Å². The average Bonchev–Trinajstić information content (AvgIpc) is 3.52. The number of H-pyrrole nitrogens is 1. The van der Waals surface area contributed by atoms with E-state index in [1.165, 1.54) is 18.5 Å². The molecule has 1 saturated carbocycles. The highest BCUT2D eigenvalue weighted by atomic mass is 16.5. The van der Waals surface area contributed by atoms with Crippen molar-refractivity contribution in [3.63, 3.8) is 0 Å². The summed E-state index contributed by atoms with van der Waals surface area (Å²) >= 11 is 0. The number of aromatic amines is 1. The number of guanidine groups is 1. The molecule has 6 N–H and O–H groups in total. The van der Waals surface area contributed by atoms with Crippen LogP contribution in [0, 0.1) is 0 Å². The third kappa shape index (κ3) is 5.11. The van der Waals surface area contributed by atoms with Crippen LogP contribution < -0.4 is 26.6 Å². The van der Waals surface area contributed by atoms with Crippen LogP contribution in [0.5, 0.6) is 0 Å². The minimum absolute atomic E-state index is 0.300. The van der Waals surface area contributed by atoms with Gasteiger partial charge in [0.15, 0.2) is 17.4 Å². The first-order chi connectivity index (χ1) is 19.6. The molecule has 2 aliphatic heterocycles. The average molecular weight is 536 g/mol. The van der Waals surface area contributed by atoms with E-state index in [-0.39, 0.29) is 0 Å². The molecule has 0 radical (unpaired) electrons. The minimum Gasteiger partial charge on any atom is -0.369 e. The maximum Gasteiger partial charge on any atom is 0.198 e. The molecule has 10 heteroatoms. The van der Waals surface area contributed by atoms with Gasteiger partial charge in [-0.05, 0) is 42.7 Å². The van der Waals surface area contributed by atoms with Gasteiger partial charge >= 0.3 is 0 Å². The molecule has 0 spiro atoms. The van der Waals surface area contributed by atoms with Crippen LogP contribution in [0.25, 0.3) is 17.0 Å². The third-order valence-electron chi connectivity index (χ3n) is 7.67. The zero-order valence-electron chi connectivity index (χ0n) is 22.2. The number of nitrogens with zero attached hydrogens (tertiary/aromatic N) is 4. The molecule has 7 rings (SSSR count). The van der Waals surface area contributed by atoms with Crippen molar-refractivity contribution < 1.29 is 4.52 Å². The lowest BCUT2D eigenvalue weighted by Gasteiger charge is -2.34. The number of rotatable bonds is 7. The molecule has 0 amide bonds. The van der Waals surface area contributed by atoms with E-state index >= 15 is 0 Å². The highest BCUT2D eigenvalue weighted by Gasteiger charge is 2.36. The zero-order valence-corrected chi connectivity index (χ0v) is 22.2. The highest BCUT2D eigenvalue weighted by Crippen LogP contribution is 2.40. The van der Waals surface area contributed by atoms with Gasteiger partial charge in [-0.3, -0.25) is 5.10 Å². The van der Waals surface area contributed by atoms with Crippen molar-refractivity contribution in [1.29, 1.82) is 0 Å². The van der Waals surface area contributed by atoms with Crippen molar-refractivity contribution in [2.75, 3.05) is 31.1 Å². The summed E-state index contributed by atoms with van der Waals surface area (Å²) in [7, 11) is 0. The van der Waals surface area contributed by atoms with Gasteiger partial charge in [0.25, 0.3) is 0 Å². The third-order valence-corrected chi connectivity index (χ3v) is 7.67. The van der Waals surface area contributed by atoms with Gasteiger partial charge in [-0.15, -0.1) is 0 Å². The van der Waals surface area contributed by atoms with Gasteiger partial charge in [0, 0.05) is 60.8 Å². The molecule has 0 bridgehead atoms. The monoisotopic (exact) mass is 535 g/mol. The fourth-order valence-electron chi connectivity index (χ4n) is 5.24. The SMILES string of the molecule is NC1(c2cc(C3CC3)[nH]n2)C=C(c2ccc(N3CCNCC3)cc2)NC(=NCc2cc(-c3ccccc3)no2)N1. The lowest BCUT2D eigenvalue weighted by molar-refractivity contribution is 0.386. The number of hydrogen-bond donors (Lipinski definition) is 5. The van der Waals surface area contributed by atoms with Crippen LogP contribution in [0.4, 0.5) is 5.69 Å². The zero-order chi connectivity index (χ0) is 26.9. The van der Waals surface area contributed by atoms with Crippen LogP contribution in [-0.4, -0.2) is 47.5 Å². The Morgan fingerprint density at radius 1 is 1.00 bits per heavy atom. The quantitative estimate of drug-likeness (QED) is 0.244. The van der Waals surface area contributed by atoms with Crippen LogP contribution in [-0.2, 0) is 12.2 Å². The highest BCUT2D eigenvalue weighted by molar-refractivity contribution is 5.93. The predicted molar refractivity (Wildman–Crippen MR) is 155 cm³/mol. The van der Waals surface area contributed by atoms with E-state index in [0.29, 0.717) is 24.2 Å². The summed E-state index contributed by atoms with van der Waals surface area (Å²) in [6.45, 7) is 4.31. The molecule has 1 saturated heterocycles. The molecule has 4 heterocycles. The molecule has 10 nitrogen and oxygen atoms in total. The Bertz CT molecular complexity index is 1530. The molecule has 2 aromatic heterocycles. The van der Waals surface area contributed by atoms with E-state index in [1.54, 1.807) is 0 Å². The molecule has 2 aromatic carbocycles. The van der Waals surface area contributed by atoms with Crippen molar-refractivity contribution in [2.24, 2.45) is 10.7 Å². The van der Waals surface area contributed by atoms with Crippen LogP contribution in [0.3, 0.4) is 0 Å². The number of aliphatic imine (C=N–C) groups is 1. The molecule has 1 atom stereocenters. The number of hydrogen-bond acceptors (Lipinski definition) is 7. The first-order valence-electron chi connectivity index (χ1n) is 13.9. The van der Waals surface area contributed by atoms with Gasteiger partial charge in [-0.1, -0.05) is 47.6 Å². The Labute approximate surface area is 232 Å². The molecule has 1 unspecified atom stereocenters. The Morgan fingerprint density at radius 3 is 2.58 bits per heavy atom. The minimum atomic E-state index is -1.04. The van der Waals surface area contributed by atoms with Gasteiger partial charge in [0.1, 0.15) is 17.9 Å². The molecule has 3 aliphatic rings. The Balaban J connectivity index is 1.16. The van der Waals surface area contributed by atoms with Crippen molar-refractivity contribution in [2.45, 2.75) is 31.0 Å². The van der Waals surface area contributed by atoms with Gasteiger partial charge in [0.2, 0.25) is 0 Å². The summed E-state index contributed by atoms with van der Waals surface area (Å²) in [4.78, 5) is 7.19. The van der Waals surface area contributed by atoms with Crippen LogP contribution in [0.2, 0.25) is 0 Å². The molecule has 40 heavy (non-hydrogen) atoms. The van der Waals surface area contributed by atoms with E-state index in [1.807, 2.05) is 42.5 Å². The topological polar surface area (TPSA) is 132 Å². The summed E-state index contributed by atoms with van der Waals surface area (Å²) in [5.41, 5.74) is 12.7. The molecule has 204 valence electrons.